The number of alkyl halides is 1. The molecule has 0 radical (unpaired) electrons. The van der Waals surface area contributed by atoms with Gasteiger partial charge in [-0.3, -0.25) is 4.98 Å². The quantitative estimate of drug-likeness (QED) is 0.0254. The molecule has 0 amide bonds. The van der Waals surface area contributed by atoms with Gasteiger partial charge in [0.05, 0.1) is 0 Å². The fraction of sp³-hybridized carbons (Fsp3) is 0.773. The van der Waals surface area contributed by atoms with Crippen LogP contribution in [0.25, 0.3) is 0 Å². The first-order chi connectivity index (χ1) is 27.7. The Morgan fingerprint density at radius 2 is 1.00 bits per heavy atom. The molecule has 0 unspecified atom stereocenters. The second kappa shape index (κ2) is 43.6. The number of unbranched alkanes of at least 4 members (excludes halogenated alkanes) is 16. The number of aromatic nitrogens is 2. The Labute approximate surface area is 371 Å². The fourth-order valence-corrected chi connectivity index (χ4v) is 10.7. The van der Waals surface area contributed by atoms with Crippen LogP contribution in [0.5, 0.6) is 0 Å². The molecule has 2 aromatic rings. The monoisotopic (exact) mass is 935 g/mol. The first-order valence-electron chi connectivity index (χ1n) is 21.9. The van der Waals surface area contributed by atoms with Crippen molar-refractivity contribution in [2.45, 2.75) is 160 Å². The zero-order valence-electron chi connectivity index (χ0n) is 37.9. The summed E-state index contributed by atoms with van der Waals surface area (Å²) in [7, 11) is 4.49. The maximum absolute atomic E-state index is 5.52. The average Bonchev–Trinajstić information content (AvgIpc) is 3.25. The highest BCUT2D eigenvalue weighted by atomic mass is 79.9. The summed E-state index contributed by atoms with van der Waals surface area (Å²) in [4.78, 5) is 10.6. The first kappa shape index (κ1) is 58.6. The third-order valence-corrected chi connectivity index (χ3v) is 17.9. The van der Waals surface area contributed by atoms with E-state index in [1.54, 1.807) is 35.5 Å². The van der Waals surface area contributed by atoms with E-state index >= 15 is 0 Å². The Hall–Kier alpha value is -0.456. The van der Waals surface area contributed by atoms with Gasteiger partial charge in [0.25, 0.3) is 0 Å². The van der Waals surface area contributed by atoms with Gasteiger partial charge in [-0.05, 0) is 81.5 Å². The number of nitrogens with zero attached hydrogens (tertiary/aromatic N) is 2. The second-order valence-electron chi connectivity index (χ2n) is 14.3. The summed E-state index contributed by atoms with van der Waals surface area (Å²) < 4.78 is 28.1. The van der Waals surface area contributed by atoms with Crippen molar-refractivity contribution in [1.29, 1.82) is 0 Å². The van der Waals surface area contributed by atoms with Gasteiger partial charge in [-0.25, -0.2) is 0 Å². The van der Waals surface area contributed by atoms with Crippen molar-refractivity contribution in [2.24, 2.45) is 0 Å². The fourth-order valence-electron chi connectivity index (χ4n) is 5.97. The van der Waals surface area contributed by atoms with Crippen molar-refractivity contribution in [1.82, 2.24) is 14.9 Å². The van der Waals surface area contributed by atoms with Crippen LogP contribution < -0.4 is 0 Å². The molecule has 0 saturated heterocycles. The van der Waals surface area contributed by atoms with Crippen LogP contribution in [-0.2, 0) is 22.1 Å². The number of hydrogen-bond donors (Lipinski definition) is 1. The minimum atomic E-state index is -2.31. The molecule has 0 saturated carbocycles. The molecule has 334 valence electrons. The van der Waals surface area contributed by atoms with Gasteiger partial charge >= 0.3 is 17.4 Å². The van der Waals surface area contributed by atoms with E-state index in [0.29, 0.717) is 0 Å². The van der Waals surface area contributed by atoms with Gasteiger partial charge in [0.1, 0.15) is 0 Å². The molecule has 57 heavy (non-hydrogen) atoms. The Kier molecular flexibility index (Phi) is 44.9. The number of H-pyrrole nitrogens is 1. The standard InChI is InChI=1S/C19H35NO2SSi.C14H31BrO3Si.C6H15N.C5H5NS/c1-21-24(3,22-2)18-12-10-8-6-4-5-7-9-11-17-23-19-13-15-20-16-14-19;1-16-19(17-2,18-3)14-12-10-8-6-4-5-7-9-11-13-15;1-4-7(5-2)6-3;7-5-1-3-6-4-2-5/h13-16H,4-12,17-18H2,1-3H3;4-14H2,1-3H3;4-6H2,1-3H3;1-4H,(H,6,7). The van der Waals surface area contributed by atoms with Gasteiger partial charge in [0, 0.05) is 81.1 Å². The minimum absolute atomic E-state index is 0.874. The summed E-state index contributed by atoms with van der Waals surface area (Å²) in [6.07, 6.45) is 31.4. The van der Waals surface area contributed by atoms with Crippen LogP contribution in [0.4, 0.5) is 0 Å². The summed E-state index contributed by atoms with van der Waals surface area (Å²) in [5.74, 6) is 1.23. The maximum atomic E-state index is 5.52. The smallest absolute Gasteiger partial charge is 0.398 e. The number of hydrogen-bond acceptors (Lipinski definition) is 9. The molecule has 0 aliphatic heterocycles. The van der Waals surface area contributed by atoms with Crippen molar-refractivity contribution < 1.29 is 22.1 Å². The summed E-state index contributed by atoms with van der Waals surface area (Å²) >= 11 is 10.2. The molecule has 0 atom stereocenters. The van der Waals surface area contributed by atoms with Gasteiger partial charge in [-0.1, -0.05) is 145 Å². The van der Waals surface area contributed by atoms with Crippen LogP contribution in [0.2, 0.25) is 18.6 Å². The van der Waals surface area contributed by atoms with Crippen LogP contribution in [0.3, 0.4) is 0 Å². The van der Waals surface area contributed by atoms with E-state index in [1.807, 2.05) is 48.7 Å². The van der Waals surface area contributed by atoms with Crippen molar-refractivity contribution in [3.8, 4) is 0 Å². The molecule has 0 spiro atoms. The first-order valence-corrected chi connectivity index (χ1v) is 28.9. The van der Waals surface area contributed by atoms with Gasteiger partial charge in [-0.2, -0.15) is 0 Å². The molecule has 0 aliphatic carbocycles. The lowest BCUT2D eigenvalue weighted by Gasteiger charge is -2.24. The number of aromatic amines is 1. The third kappa shape index (κ3) is 37.1. The topological polar surface area (TPSA) is 78.1 Å². The van der Waals surface area contributed by atoms with Crippen molar-refractivity contribution in [2.75, 3.05) is 66.3 Å². The molecular weight excluding hydrogens is 851 g/mol. The van der Waals surface area contributed by atoms with E-state index in [1.165, 1.54) is 139 Å². The summed E-state index contributed by atoms with van der Waals surface area (Å²) in [5, 5.41) is 1.15. The molecule has 2 aromatic heterocycles. The number of thioether (sulfide) groups is 1. The van der Waals surface area contributed by atoms with E-state index in [0.717, 1.165) is 28.3 Å². The molecule has 0 bridgehead atoms. The van der Waals surface area contributed by atoms with Gasteiger partial charge in [0.15, 0.2) is 0 Å². The molecule has 1 N–H and O–H groups in total. The zero-order chi connectivity index (χ0) is 42.7. The van der Waals surface area contributed by atoms with Gasteiger partial charge in [-0.15, -0.1) is 11.8 Å². The summed E-state index contributed by atoms with van der Waals surface area (Å²) in [6.45, 7) is 12.3. The van der Waals surface area contributed by atoms with Crippen LogP contribution in [-0.4, -0.2) is 98.5 Å². The molecule has 0 aliphatic rings. The Morgan fingerprint density at radius 3 is 1.35 bits per heavy atom. The van der Waals surface area contributed by atoms with Crippen molar-refractivity contribution >= 4 is 57.3 Å². The molecule has 2 rings (SSSR count). The molecule has 13 heteroatoms. The predicted octanol–water partition coefficient (Wildman–Crippen LogP) is 13.9. The molecule has 0 aromatic carbocycles. The normalized spacial score (nSPS) is 11.3. The van der Waals surface area contributed by atoms with Gasteiger partial charge < -0.3 is 32.0 Å². The van der Waals surface area contributed by atoms with Gasteiger partial charge in [0.2, 0.25) is 0 Å². The lowest BCUT2D eigenvalue weighted by atomic mass is 10.1. The third-order valence-electron chi connectivity index (χ3n) is 10.1. The number of halogens is 1. The number of nitrogens with one attached hydrogen (secondary N) is 1. The van der Waals surface area contributed by atoms with E-state index in [-0.39, 0.29) is 0 Å². The highest BCUT2D eigenvalue weighted by molar-refractivity contribution is 9.09. The Balaban J connectivity index is 0. The van der Waals surface area contributed by atoms with E-state index < -0.39 is 17.4 Å². The largest absolute Gasteiger partial charge is 0.500 e. The van der Waals surface area contributed by atoms with Crippen molar-refractivity contribution in [3.63, 3.8) is 0 Å². The number of pyridine rings is 2. The van der Waals surface area contributed by atoms with E-state index in [4.69, 9.17) is 34.3 Å². The predicted molar refractivity (Wildman–Crippen MR) is 259 cm³/mol. The Morgan fingerprint density at radius 1 is 0.596 bits per heavy atom. The highest BCUT2D eigenvalue weighted by Gasteiger charge is 2.36. The number of rotatable bonds is 32. The molecule has 8 nitrogen and oxygen atoms in total. The Bertz CT molecular complexity index is 1100. The van der Waals surface area contributed by atoms with Crippen LogP contribution in [0.15, 0.2) is 53.9 Å². The highest BCUT2D eigenvalue weighted by Crippen LogP contribution is 2.21. The summed E-state index contributed by atoms with van der Waals surface area (Å²) in [5.41, 5.74) is 0. The average molecular weight is 937 g/mol. The van der Waals surface area contributed by atoms with Crippen LogP contribution >= 0.6 is 39.9 Å². The zero-order valence-corrected chi connectivity index (χ0v) is 43.1. The molecule has 0 fully saturated rings. The molecular formula is C44H86BrN3O5S2Si2. The minimum Gasteiger partial charge on any atom is -0.398 e. The maximum Gasteiger partial charge on any atom is 0.500 e. The molecule has 2 heterocycles. The second-order valence-corrected chi connectivity index (χ2v) is 23.4. The lowest BCUT2D eigenvalue weighted by Crippen LogP contribution is -2.42. The SMILES string of the molecule is CCN(CC)CC.CO[Si](C)(CCCCCCCCCCCSc1ccncc1)OC.CO[Si](CCCCCCCCCCCBr)(OC)OC.S=c1cc[nH]cc1. The summed E-state index contributed by atoms with van der Waals surface area (Å²) in [6, 6.07) is 9.92. The van der Waals surface area contributed by atoms with Crippen LogP contribution in [0.1, 0.15) is 136 Å². The van der Waals surface area contributed by atoms with E-state index in [2.05, 4.69) is 70.2 Å². The lowest BCUT2D eigenvalue weighted by molar-refractivity contribution is 0.122. The van der Waals surface area contributed by atoms with Crippen LogP contribution in [0, 0.1) is 4.51 Å². The van der Waals surface area contributed by atoms with Crippen molar-refractivity contribution in [3.05, 3.63) is 53.6 Å². The van der Waals surface area contributed by atoms with E-state index in [9.17, 15) is 0 Å².